The maximum atomic E-state index is 12.9. The van der Waals surface area contributed by atoms with Crippen molar-refractivity contribution in [2.24, 2.45) is 0 Å². The van der Waals surface area contributed by atoms with E-state index in [4.69, 9.17) is 0 Å². The Labute approximate surface area is 142 Å². The van der Waals surface area contributed by atoms with Crippen molar-refractivity contribution >= 4 is 15.9 Å². The van der Waals surface area contributed by atoms with Crippen molar-refractivity contribution in [2.45, 2.75) is 6.42 Å². The Morgan fingerprint density at radius 3 is 2.29 bits per heavy atom. The lowest BCUT2D eigenvalue weighted by molar-refractivity contribution is -0.132. The number of rotatable bonds is 6. The highest BCUT2D eigenvalue weighted by atomic mass is 32.2. The van der Waals surface area contributed by atoms with Gasteiger partial charge in [0.15, 0.2) is 0 Å². The summed E-state index contributed by atoms with van der Waals surface area (Å²) in [5, 5.41) is 0. The van der Waals surface area contributed by atoms with Crippen molar-refractivity contribution in [3.63, 3.8) is 0 Å². The summed E-state index contributed by atoms with van der Waals surface area (Å²) in [5.41, 5.74) is 0.831. The third kappa shape index (κ3) is 5.54. The molecule has 2 rings (SSSR count). The Kier molecular flexibility index (Phi) is 6.31. The minimum atomic E-state index is -3.49. The molecule has 1 amide bonds. The van der Waals surface area contributed by atoms with Crippen LogP contribution in [0, 0.1) is 5.82 Å². The lowest BCUT2D eigenvalue weighted by atomic mass is 10.1. The van der Waals surface area contributed by atoms with Crippen LogP contribution in [0.5, 0.6) is 0 Å². The SMILES string of the molecule is CN1CCN(C(=O)CN(CCc2ccc(F)cc2)S(C)(=O)=O)CC1. The zero-order chi connectivity index (χ0) is 17.7. The first-order valence-corrected chi connectivity index (χ1v) is 9.76. The maximum Gasteiger partial charge on any atom is 0.237 e. The van der Waals surface area contributed by atoms with E-state index in [1.165, 1.54) is 16.4 Å². The molecule has 134 valence electrons. The molecule has 0 aliphatic carbocycles. The predicted molar refractivity (Wildman–Crippen MR) is 90.6 cm³/mol. The smallest absolute Gasteiger partial charge is 0.237 e. The molecule has 0 saturated carbocycles. The van der Waals surface area contributed by atoms with Gasteiger partial charge in [0.25, 0.3) is 0 Å². The van der Waals surface area contributed by atoms with E-state index in [1.807, 2.05) is 7.05 Å². The number of amides is 1. The van der Waals surface area contributed by atoms with Crippen molar-refractivity contribution in [3.8, 4) is 0 Å². The summed E-state index contributed by atoms with van der Waals surface area (Å²) in [6.07, 6.45) is 1.54. The van der Waals surface area contributed by atoms with E-state index in [2.05, 4.69) is 4.90 Å². The van der Waals surface area contributed by atoms with E-state index >= 15 is 0 Å². The van der Waals surface area contributed by atoms with Gasteiger partial charge >= 0.3 is 0 Å². The van der Waals surface area contributed by atoms with Gasteiger partial charge in [-0.15, -0.1) is 0 Å². The maximum absolute atomic E-state index is 12.9. The highest BCUT2D eigenvalue weighted by molar-refractivity contribution is 7.88. The van der Waals surface area contributed by atoms with Crippen molar-refractivity contribution in [2.75, 3.05) is 52.6 Å². The molecule has 0 bridgehead atoms. The van der Waals surface area contributed by atoms with Crippen LogP contribution in [0.2, 0.25) is 0 Å². The topological polar surface area (TPSA) is 60.9 Å². The Balaban J connectivity index is 1.95. The Hall–Kier alpha value is -1.51. The number of piperazine rings is 1. The number of halogens is 1. The molecule has 1 aliphatic rings. The molecule has 0 spiro atoms. The van der Waals surface area contributed by atoms with Gasteiger partial charge in [0.1, 0.15) is 5.82 Å². The van der Waals surface area contributed by atoms with Gasteiger partial charge in [-0.25, -0.2) is 12.8 Å². The molecule has 0 atom stereocenters. The largest absolute Gasteiger partial charge is 0.339 e. The zero-order valence-corrected chi connectivity index (χ0v) is 14.9. The van der Waals surface area contributed by atoms with E-state index in [9.17, 15) is 17.6 Å². The van der Waals surface area contributed by atoms with Crippen LogP contribution in [0.15, 0.2) is 24.3 Å². The van der Waals surface area contributed by atoms with Gasteiger partial charge in [-0.05, 0) is 31.2 Å². The number of hydrogen-bond acceptors (Lipinski definition) is 4. The number of carbonyl (C=O) groups excluding carboxylic acids is 1. The average molecular weight is 357 g/mol. The molecular weight excluding hydrogens is 333 g/mol. The lowest BCUT2D eigenvalue weighted by Crippen LogP contribution is -2.50. The molecule has 0 unspecified atom stereocenters. The molecule has 1 heterocycles. The first kappa shape index (κ1) is 18.8. The first-order chi connectivity index (χ1) is 11.3. The second-order valence-corrected chi connectivity index (χ2v) is 8.14. The summed E-state index contributed by atoms with van der Waals surface area (Å²) in [4.78, 5) is 16.2. The van der Waals surface area contributed by atoms with Gasteiger partial charge in [-0.2, -0.15) is 4.31 Å². The molecule has 6 nitrogen and oxygen atoms in total. The van der Waals surface area contributed by atoms with E-state index in [1.54, 1.807) is 17.0 Å². The Morgan fingerprint density at radius 1 is 1.17 bits per heavy atom. The van der Waals surface area contributed by atoms with Gasteiger partial charge in [-0.1, -0.05) is 12.1 Å². The first-order valence-electron chi connectivity index (χ1n) is 7.91. The molecule has 1 aromatic carbocycles. The zero-order valence-electron chi connectivity index (χ0n) is 14.1. The molecule has 24 heavy (non-hydrogen) atoms. The summed E-state index contributed by atoms with van der Waals surface area (Å²) in [5.74, 6) is -0.503. The number of hydrogen-bond donors (Lipinski definition) is 0. The Morgan fingerprint density at radius 2 is 1.75 bits per heavy atom. The second-order valence-electron chi connectivity index (χ2n) is 6.16. The summed E-state index contributed by atoms with van der Waals surface area (Å²) in [7, 11) is -1.49. The van der Waals surface area contributed by atoms with Crippen LogP contribution in [0.4, 0.5) is 4.39 Å². The minimum Gasteiger partial charge on any atom is -0.339 e. The molecule has 1 aromatic rings. The molecule has 1 fully saturated rings. The fourth-order valence-corrected chi connectivity index (χ4v) is 3.34. The quantitative estimate of drug-likeness (QED) is 0.740. The van der Waals surface area contributed by atoms with E-state index < -0.39 is 10.0 Å². The van der Waals surface area contributed by atoms with Gasteiger partial charge in [0.2, 0.25) is 15.9 Å². The van der Waals surface area contributed by atoms with Crippen LogP contribution in [0.25, 0.3) is 0 Å². The summed E-state index contributed by atoms with van der Waals surface area (Å²) < 4.78 is 38.0. The number of likely N-dealkylation sites (N-methyl/N-ethyl adjacent to an activating group) is 1. The van der Waals surface area contributed by atoms with Crippen molar-refractivity contribution < 1.29 is 17.6 Å². The summed E-state index contributed by atoms with van der Waals surface area (Å²) in [6.45, 7) is 2.86. The highest BCUT2D eigenvalue weighted by Gasteiger charge is 2.25. The van der Waals surface area contributed by atoms with Gasteiger partial charge in [0, 0.05) is 32.7 Å². The highest BCUT2D eigenvalue weighted by Crippen LogP contribution is 2.08. The van der Waals surface area contributed by atoms with Crippen LogP contribution in [0.1, 0.15) is 5.56 Å². The van der Waals surface area contributed by atoms with Gasteiger partial charge in [0.05, 0.1) is 12.8 Å². The lowest BCUT2D eigenvalue weighted by Gasteiger charge is -2.33. The van der Waals surface area contributed by atoms with Gasteiger partial charge < -0.3 is 9.80 Å². The molecule has 8 heteroatoms. The molecule has 0 aromatic heterocycles. The Bertz CT molecular complexity index is 656. The number of nitrogens with zero attached hydrogens (tertiary/aromatic N) is 3. The monoisotopic (exact) mass is 357 g/mol. The molecule has 0 N–H and O–H groups in total. The van der Waals surface area contributed by atoms with Crippen molar-refractivity contribution in [1.82, 2.24) is 14.1 Å². The fourth-order valence-electron chi connectivity index (χ4n) is 2.57. The van der Waals surface area contributed by atoms with E-state index in [0.29, 0.717) is 19.5 Å². The van der Waals surface area contributed by atoms with Gasteiger partial charge in [-0.3, -0.25) is 4.79 Å². The summed E-state index contributed by atoms with van der Waals surface area (Å²) in [6, 6.07) is 5.93. The average Bonchev–Trinajstić information content (AvgIpc) is 2.52. The molecular formula is C16H24FN3O3S. The molecule has 1 saturated heterocycles. The normalized spacial score (nSPS) is 16.6. The number of sulfonamides is 1. The molecule has 1 aliphatic heterocycles. The van der Waals surface area contributed by atoms with E-state index in [-0.39, 0.29) is 24.8 Å². The number of benzene rings is 1. The fraction of sp³-hybridized carbons (Fsp3) is 0.562. The standard InChI is InChI=1S/C16H24FN3O3S/c1-18-9-11-19(12-10-18)16(21)13-20(24(2,22)23)8-7-14-3-5-15(17)6-4-14/h3-6H,7-13H2,1-2H3. The third-order valence-electron chi connectivity index (χ3n) is 4.20. The van der Waals surface area contributed by atoms with Crippen LogP contribution in [0.3, 0.4) is 0 Å². The summed E-state index contributed by atoms with van der Waals surface area (Å²) >= 11 is 0. The van der Waals surface area contributed by atoms with Crippen molar-refractivity contribution in [1.29, 1.82) is 0 Å². The number of carbonyl (C=O) groups is 1. The molecule has 0 radical (unpaired) electrons. The van der Waals surface area contributed by atoms with Crippen LogP contribution in [-0.4, -0.2) is 81.0 Å². The van der Waals surface area contributed by atoms with Crippen LogP contribution < -0.4 is 0 Å². The van der Waals surface area contributed by atoms with E-state index in [0.717, 1.165) is 24.9 Å². The predicted octanol–water partition coefficient (Wildman–Crippen LogP) is 0.404. The second kappa shape index (κ2) is 8.04. The third-order valence-corrected chi connectivity index (χ3v) is 5.45. The van der Waals surface area contributed by atoms with Crippen LogP contribution >= 0.6 is 0 Å². The minimum absolute atomic E-state index is 0.149. The van der Waals surface area contributed by atoms with Crippen LogP contribution in [-0.2, 0) is 21.2 Å². The van der Waals surface area contributed by atoms with Crippen molar-refractivity contribution in [3.05, 3.63) is 35.6 Å².